The van der Waals surface area contributed by atoms with E-state index >= 15 is 0 Å². The van der Waals surface area contributed by atoms with Gasteiger partial charge in [0.2, 0.25) is 0 Å². The lowest BCUT2D eigenvalue weighted by Gasteiger charge is -2.11. The fourth-order valence-corrected chi connectivity index (χ4v) is 2.98. The lowest BCUT2D eigenvalue weighted by Crippen LogP contribution is -2.26. The van der Waals surface area contributed by atoms with E-state index in [1.807, 2.05) is 28.8 Å². The van der Waals surface area contributed by atoms with Gasteiger partial charge in [0.05, 0.1) is 24.0 Å². The zero-order valence-electron chi connectivity index (χ0n) is 14.5. The number of aryl methyl sites for hydroxylation is 1. The molecule has 130 valence electrons. The number of rotatable bonds is 5. The first-order chi connectivity index (χ1) is 12.7. The predicted molar refractivity (Wildman–Crippen MR) is 99.9 cm³/mol. The summed E-state index contributed by atoms with van der Waals surface area (Å²) in [5.41, 5.74) is 5.36. The minimum Gasteiger partial charge on any atom is -0.463 e. The zero-order valence-corrected chi connectivity index (χ0v) is 14.5. The van der Waals surface area contributed by atoms with Crippen LogP contribution in [0.3, 0.4) is 0 Å². The molecule has 26 heavy (non-hydrogen) atoms. The van der Waals surface area contributed by atoms with Gasteiger partial charge in [0, 0.05) is 24.9 Å². The van der Waals surface area contributed by atoms with Crippen molar-refractivity contribution in [3.63, 3.8) is 0 Å². The number of carbonyl (C=O) groups excluding carboxylic acids is 1. The van der Waals surface area contributed by atoms with Crippen molar-refractivity contribution in [2.75, 3.05) is 0 Å². The molecular formula is C21H19N3O2. The van der Waals surface area contributed by atoms with Crippen molar-refractivity contribution in [2.45, 2.75) is 20.0 Å². The number of hydrogen-bond donors (Lipinski definition) is 1. The van der Waals surface area contributed by atoms with Crippen molar-refractivity contribution in [1.82, 2.24) is 14.9 Å². The van der Waals surface area contributed by atoms with Crippen LogP contribution in [0.5, 0.6) is 0 Å². The lowest BCUT2D eigenvalue weighted by molar-refractivity contribution is 0.0942. The molecule has 5 nitrogen and oxygen atoms in total. The molecule has 0 saturated heterocycles. The van der Waals surface area contributed by atoms with Crippen molar-refractivity contribution < 1.29 is 9.21 Å². The molecule has 0 unspecified atom stereocenters. The Labute approximate surface area is 151 Å². The van der Waals surface area contributed by atoms with Gasteiger partial charge in [0.1, 0.15) is 5.69 Å². The van der Waals surface area contributed by atoms with E-state index < -0.39 is 0 Å². The molecule has 0 aliphatic carbocycles. The van der Waals surface area contributed by atoms with Gasteiger partial charge in [0.25, 0.3) is 5.91 Å². The molecule has 3 aromatic heterocycles. The Kier molecular flexibility index (Phi) is 4.27. The van der Waals surface area contributed by atoms with Crippen LogP contribution in [0.4, 0.5) is 0 Å². The van der Waals surface area contributed by atoms with Crippen molar-refractivity contribution in [3.05, 3.63) is 89.6 Å². The average molecular weight is 345 g/mol. The third-order valence-electron chi connectivity index (χ3n) is 4.37. The van der Waals surface area contributed by atoms with Gasteiger partial charge in [-0.25, -0.2) is 0 Å². The van der Waals surface area contributed by atoms with Gasteiger partial charge in [-0.2, -0.15) is 0 Å². The van der Waals surface area contributed by atoms with Crippen LogP contribution < -0.4 is 5.32 Å². The van der Waals surface area contributed by atoms with Crippen LogP contribution >= 0.6 is 0 Å². The molecule has 0 aliphatic heterocycles. The van der Waals surface area contributed by atoms with Crippen LogP contribution in [0.2, 0.25) is 0 Å². The first-order valence-corrected chi connectivity index (χ1v) is 8.51. The van der Waals surface area contributed by atoms with Gasteiger partial charge in [-0.15, -0.1) is 0 Å². The molecule has 0 bridgehead atoms. The molecule has 3 heterocycles. The van der Waals surface area contributed by atoms with E-state index in [0.717, 1.165) is 16.8 Å². The smallest absolute Gasteiger partial charge is 0.268 e. The van der Waals surface area contributed by atoms with Gasteiger partial charge >= 0.3 is 0 Å². The van der Waals surface area contributed by atoms with Gasteiger partial charge in [-0.3, -0.25) is 9.78 Å². The number of pyridine rings is 1. The molecule has 0 radical (unpaired) electrons. The summed E-state index contributed by atoms with van der Waals surface area (Å²) >= 11 is 0. The molecule has 1 aromatic carbocycles. The first-order valence-electron chi connectivity index (χ1n) is 8.51. The Balaban J connectivity index is 1.60. The Morgan fingerprint density at radius 1 is 1.15 bits per heavy atom. The van der Waals surface area contributed by atoms with Crippen LogP contribution in [0.1, 0.15) is 27.3 Å². The molecule has 4 aromatic rings. The molecular weight excluding hydrogens is 326 g/mol. The second-order valence-electron chi connectivity index (χ2n) is 6.28. The van der Waals surface area contributed by atoms with Crippen molar-refractivity contribution in [1.29, 1.82) is 0 Å². The number of aromatic nitrogens is 2. The number of furan rings is 1. The summed E-state index contributed by atoms with van der Waals surface area (Å²) in [5.74, 6) is -0.144. The first kappa shape index (κ1) is 16.1. The highest BCUT2D eigenvalue weighted by atomic mass is 16.3. The van der Waals surface area contributed by atoms with Crippen LogP contribution in [0, 0.1) is 6.92 Å². The Hall–Kier alpha value is -3.34. The third kappa shape index (κ3) is 3.24. The Morgan fingerprint density at radius 2 is 2.00 bits per heavy atom. The summed E-state index contributed by atoms with van der Waals surface area (Å²) in [6.07, 6.45) is 3.36. The van der Waals surface area contributed by atoms with Gasteiger partial charge < -0.3 is 14.3 Å². The van der Waals surface area contributed by atoms with Gasteiger partial charge in [-0.1, -0.05) is 35.9 Å². The molecule has 0 aliphatic rings. The summed E-state index contributed by atoms with van der Waals surface area (Å²) in [4.78, 5) is 17.0. The maximum absolute atomic E-state index is 12.7. The molecule has 4 rings (SSSR count). The monoisotopic (exact) mass is 345 g/mol. The maximum atomic E-state index is 12.7. The molecule has 0 spiro atoms. The lowest BCUT2D eigenvalue weighted by atomic mass is 10.1. The van der Waals surface area contributed by atoms with Crippen molar-refractivity contribution in [3.8, 4) is 0 Å². The van der Waals surface area contributed by atoms with Crippen LogP contribution in [0.15, 0.2) is 71.5 Å². The number of carbonyl (C=O) groups is 1. The quantitative estimate of drug-likeness (QED) is 0.596. The molecule has 1 N–H and O–H groups in total. The second-order valence-corrected chi connectivity index (χ2v) is 6.28. The second kappa shape index (κ2) is 6.88. The Bertz CT molecular complexity index is 1030. The number of amides is 1. The van der Waals surface area contributed by atoms with E-state index in [2.05, 4.69) is 41.5 Å². The zero-order chi connectivity index (χ0) is 17.9. The van der Waals surface area contributed by atoms with Crippen molar-refractivity contribution in [2.24, 2.45) is 0 Å². The van der Waals surface area contributed by atoms with Crippen LogP contribution in [-0.4, -0.2) is 15.5 Å². The van der Waals surface area contributed by atoms with E-state index in [1.165, 1.54) is 5.56 Å². The molecule has 1 amide bonds. The molecule has 0 saturated carbocycles. The van der Waals surface area contributed by atoms with Gasteiger partial charge in [-0.05, 0) is 24.6 Å². The Morgan fingerprint density at radius 3 is 2.77 bits per heavy atom. The molecule has 0 atom stereocenters. The van der Waals surface area contributed by atoms with Crippen LogP contribution in [0.25, 0.3) is 11.1 Å². The van der Waals surface area contributed by atoms with Crippen LogP contribution in [-0.2, 0) is 13.1 Å². The summed E-state index contributed by atoms with van der Waals surface area (Å²) < 4.78 is 7.48. The minimum atomic E-state index is -0.144. The number of fused-ring (bicyclic) bond motifs is 1. The predicted octanol–water partition coefficient (Wildman–Crippen LogP) is 3.92. The van der Waals surface area contributed by atoms with E-state index in [-0.39, 0.29) is 5.91 Å². The molecule has 5 heteroatoms. The van der Waals surface area contributed by atoms with E-state index in [4.69, 9.17) is 4.42 Å². The third-order valence-corrected chi connectivity index (χ3v) is 4.37. The summed E-state index contributed by atoms with van der Waals surface area (Å²) in [6, 6.07) is 17.6. The fraction of sp³-hybridized carbons (Fsp3) is 0.143. The van der Waals surface area contributed by atoms with E-state index in [0.29, 0.717) is 24.4 Å². The van der Waals surface area contributed by atoms with Crippen molar-refractivity contribution >= 4 is 17.0 Å². The highest BCUT2D eigenvalue weighted by Crippen LogP contribution is 2.22. The highest BCUT2D eigenvalue weighted by Gasteiger charge is 2.17. The maximum Gasteiger partial charge on any atom is 0.268 e. The summed E-state index contributed by atoms with van der Waals surface area (Å²) in [7, 11) is 0. The fourth-order valence-electron chi connectivity index (χ4n) is 2.98. The standard InChI is InChI=1S/C21H19N3O2/c1-15-5-7-16(8-6-15)14-24-18-9-11-26-20(18)12-19(24)21(25)23-13-17-4-2-3-10-22-17/h2-12H,13-14H2,1H3,(H,23,25). The topological polar surface area (TPSA) is 60.1 Å². The number of nitrogens with one attached hydrogen (secondary N) is 1. The largest absolute Gasteiger partial charge is 0.463 e. The number of nitrogens with zero attached hydrogens (tertiary/aromatic N) is 2. The number of benzene rings is 1. The SMILES string of the molecule is Cc1ccc(Cn2c(C(=O)NCc3ccccn3)cc3occc32)cc1. The average Bonchev–Trinajstić information content (AvgIpc) is 3.25. The van der Waals surface area contributed by atoms with E-state index in [9.17, 15) is 4.79 Å². The normalized spacial score (nSPS) is 11.0. The van der Waals surface area contributed by atoms with Gasteiger partial charge in [0.15, 0.2) is 5.58 Å². The van der Waals surface area contributed by atoms with E-state index in [1.54, 1.807) is 18.5 Å². The summed E-state index contributed by atoms with van der Waals surface area (Å²) in [5, 5.41) is 2.94. The minimum absolute atomic E-state index is 0.144. The molecule has 0 fully saturated rings. The summed E-state index contributed by atoms with van der Waals surface area (Å²) in [6.45, 7) is 3.05. The highest BCUT2D eigenvalue weighted by molar-refractivity contribution is 5.97. The number of hydrogen-bond acceptors (Lipinski definition) is 3.